The van der Waals surface area contributed by atoms with E-state index >= 15 is 0 Å². The third-order valence-corrected chi connectivity index (χ3v) is 3.11. The highest BCUT2D eigenvalue weighted by Crippen LogP contribution is 2.17. The third-order valence-electron chi connectivity index (χ3n) is 3.11. The van der Waals surface area contributed by atoms with Crippen LogP contribution in [0.15, 0.2) is 36.8 Å². The number of benzene rings is 1. The molecule has 1 unspecified atom stereocenters. The normalized spacial score (nSPS) is 12.1. The molecule has 0 bridgehead atoms. The van der Waals surface area contributed by atoms with E-state index in [1.54, 1.807) is 6.33 Å². The number of aromatic nitrogens is 2. The summed E-state index contributed by atoms with van der Waals surface area (Å²) in [6, 6.07) is 8.12. The van der Waals surface area contributed by atoms with Gasteiger partial charge in [0.2, 0.25) is 5.91 Å². The van der Waals surface area contributed by atoms with Crippen molar-refractivity contribution in [1.82, 2.24) is 15.3 Å². The standard InChI is InChI=1S/C15H20N4O/c1-11(17-7-6-15-9-16-10-18-15)13-4-3-5-14(8-13)19-12(2)20/h3-5,8-11,17H,6-7H2,1-2H3,(H,16,18)(H,19,20). The molecule has 1 aromatic heterocycles. The van der Waals surface area contributed by atoms with Crippen molar-refractivity contribution >= 4 is 11.6 Å². The maximum atomic E-state index is 11.1. The molecule has 1 amide bonds. The molecule has 0 aliphatic heterocycles. The largest absolute Gasteiger partial charge is 0.348 e. The zero-order valence-corrected chi connectivity index (χ0v) is 11.8. The lowest BCUT2D eigenvalue weighted by molar-refractivity contribution is -0.114. The number of anilines is 1. The van der Waals surface area contributed by atoms with Crippen LogP contribution in [0.2, 0.25) is 0 Å². The fourth-order valence-corrected chi connectivity index (χ4v) is 2.05. The molecule has 2 aromatic rings. The summed E-state index contributed by atoms with van der Waals surface area (Å²) in [7, 11) is 0. The lowest BCUT2D eigenvalue weighted by atomic mass is 10.1. The molecule has 0 saturated heterocycles. The SMILES string of the molecule is CC(=O)Nc1cccc(C(C)NCCc2cnc[nH]2)c1. The van der Waals surface area contributed by atoms with Gasteiger partial charge < -0.3 is 15.6 Å². The lowest BCUT2D eigenvalue weighted by Crippen LogP contribution is -2.21. The first-order chi connectivity index (χ1) is 9.65. The molecule has 1 heterocycles. The molecule has 0 aliphatic carbocycles. The Morgan fingerprint density at radius 3 is 3.00 bits per heavy atom. The van der Waals surface area contributed by atoms with Crippen LogP contribution < -0.4 is 10.6 Å². The van der Waals surface area contributed by atoms with Crippen molar-refractivity contribution in [2.45, 2.75) is 26.3 Å². The van der Waals surface area contributed by atoms with Crippen LogP contribution in [0.5, 0.6) is 0 Å². The fraction of sp³-hybridized carbons (Fsp3) is 0.333. The molecule has 0 spiro atoms. The summed E-state index contributed by atoms with van der Waals surface area (Å²) < 4.78 is 0. The molecule has 0 aliphatic rings. The van der Waals surface area contributed by atoms with E-state index in [0.717, 1.165) is 29.9 Å². The molecule has 3 N–H and O–H groups in total. The summed E-state index contributed by atoms with van der Waals surface area (Å²) in [5.41, 5.74) is 3.11. The number of amides is 1. The van der Waals surface area contributed by atoms with Crippen molar-refractivity contribution in [3.8, 4) is 0 Å². The molecule has 0 fully saturated rings. The first-order valence-electron chi connectivity index (χ1n) is 6.73. The number of nitrogens with one attached hydrogen (secondary N) is 3. The second-order valence-corrected chi connectivity index (χ2v) is 4.81. The van der Waals surface area contributed by atoms with Gasteiger partial charge in [0.05, 0.1) is 6.33 Å². The Morgan fingerprint density at radius 2 is 2.30 bits per heavy atom. The third kappa shape index (κ3) is 4.20. The number of carbonyl (C=O) groups excluding carboxylic acids is 1. The van der Waals surface area contributed by atoms with Crippen LogP contribution >= 0.6 is 0 Å². The molecular formula is C15H20N4O. The van der Waals surface area contributed by atoms with Crippen molar-refractivity contribution in [2.75, 3.05) is 11.9 Å². The van der Waals surface area contributed by atoms with Gasteiger partial charge in [0.1, 0.15) is 0 Å². The van der Waals surface area contributed by atoms with Crippen LogP contribution in [-0.4, -0.2) is 22.4 Å². The molecule has 2 rings (SSSR count). The van der Waals surface area contributed by atoms with E-state index in [1.807, 2.05) is 24.4 Å². The van der Waals surface area contributed by atoms with Gasteiger partial charge in [0, 0.05) is 43.5 Å². The highest BCUT2D eigenvalue weighted by Gasteiger charge is 2.06. The van der Waals surface area contributed by atoms with E-state index in [-0.39, 0.29) is 11.9 Å². The summed E-state index contributed by atoms with van der Waals surface area (Å²) in [6.45, 7) is 4.49. The van der Waals surface area contributed by atoms with Gasteiger partial charge in [-0.15, -0.1) is 0 Å². The number of hydrogen-bond donors (Lipinski definition) is 3. The van der Waals surface area contributed by atoms with Gasteiger partial charge in [-0.3, -0.25) is 4.79 Å². The van der Waals surface area contributed by atoms with E-state index in [0.29, 0.717) is 0 Å². The lowest BCUT2D eigenvalue weighted by Gasteiger charge is -2.15. The van der Waals surface area contributed by atoms with Crippen LogP contribution in [0.1, 0.15) is 31.1 Å². The predicted molar refractivity (Wildman–Crippen MR) is 79.5 cm³/mol. The number of imidazole rings is 1. The Morgan fingerprint density at radius 1 is 1.45 bits per heavy atom. The van der Waals surface area contributed by atoms with Gasteiger partial charge in [0.15, 0.2) is 0 Å². The van der Waals surface area contributed by atoms with Crippen LogP contribution in [0.25, 0.3) is 0 Å². The van der Waals surface area contributed by atoms with E-state index < -0.39 is 0 Å². The van der Waals surface area contributed by atoms with E-state index in [2.05, 4.69) is 33.6 Å². The summed E-state index contributed by atoms with van der Waals surface area (Å²) in [5, 5.41) is 6.26. The molecule has 5 nitrogen and oxygen atoms in total. The van der Waals surface area contributed by atoms with E-state index in [9.17, 15) is 4.79 Å². The first kappa shape index (κ1) is 14.3. The minimum Gasteiger partial charge on any atom is -0.348 e. The minimum absolute atomic E-state index is 0.0537. The molecule has 0 saturated carbocycles. The van der Waals surface area contributed by atoms with Crippen LogP contribution in [0, 0.1) is 0 Å². The Bertz CT molecular complexity index is 551. The average Bonchev–Trinajstić information content (AvgIpc) is 2.91. The van der Waals surface area contributed by atoms with Gasteiger partial charge in [-0.2, -0.15) is 0 Å². The van der Waals surface area contributed by atoms with Crippen molar-refractivity contribution in [2.24, 2.45) is 0 Å². The number of H-pyrrole nitrogens is 1. The summed E-state index contributed by atoms with van der Waals surface area (Å²) in [6.07, 6.45) is 4.44. The van der Waals surface area contributed by atoms with Crippen LogP contribution in [-0.2, 0) is 11.2 Å². The monoisotopic (exact) mass is 272 g/mol. The Balaban J connectivity index is 1.88. The predicted octanol–water partition coefficient (Wildman–Crippen LogP) is 2.26. The first-order valence-corrected chi connectivity index (χ1v) is 6.73. The highest BCUT2D eigenvalue weighted by molar-refractivity contribution is 5.88. The van der Waals surface area contributed by atoms with E-state index in [4.69, 9.17) is 0 Å². The van der Waals surface area contributed by atoms with Crippen molar-refractivity contribution in [3.05, 3.63) is 48.0 Å². The topological polar surface area (TPSA) is 69.8 Å². The van der Waals surface area contributed by atoms with Gasteiger partial charge >= 0.3 is 0 Å². The van der Waals surface area contributed by atoms with Gasteiger partial charge in [-0.1, -0.05) is 12.1 Å². The second kappa shape index (κ2) is 6.86. The van der Waals surface area contributed by atoms with E-state index in [1.165, 1.54) is 6.92 Å². The molecule has 1 aromatic carbocycles. The zero-order valence-electron chi connectivity index (χ0n) is 11.8. The number of hydrogen-bond acceptors (Lipinski definition) is 3. The zero-order chi connectivity index (χ0) is 14.4. The quantitative estimate of drug-likeness (QED) is 0.755. The van der Waals surface area contributed by atoms with Gasteiger partial charge in [0.25, 0.3) is 0 Å². The molecule has 106 valence electrons. The fourth-order valence-electron chi connectivity index (χ4n) is 2.05. The Labute approximate surface area is 118 Å². The van der Waals surface area contributed by atoms with Gasteiger partial charge in [-0.25, -0.2) is 4.98 Å². The van der Waals surface area contributed by atoms with Crippen LogP contribution in [0.3, 0.4) is 0 Å². The summed E-state index contributed by atoms with van der Waals surface area (Å²) in [5.74, 6) is -0.0537. The molecule has 20 heavy (non-hydrogen) atoms. The Kier molecular flexibility index (Phi) is 4.90. The van der Waals surface area contributed by atoms with Crippen LogP contribution in [0.4, 0.5) is 5.69 Å². The second-order valence-electron chi connectivity index (χ2n) is 4.81. The average molecular weight is 272 g/mol. The minimum atomic E-state index is -0.0537. The maximum absolute atomic E-state index is 11.1. The number of nitrogens with zero attached hydrogens (tertiary/aromatic N) is 1. The van der Waals surface area contributed by atoms with Crippen molar-refractivity contribution < 1.29 is 4.79 Å². The molecule has 1 atom stereocenters. The summed E-state index contributed by atoms with van der Waals surface area (Å²) in [4.78, 5) is 18.1. The molecule has 0 radical (unpaired) electrons. The maximum Gasteiger partial charge on any atom is 0.221 e. The molecule has 5 heteroatoms. The number of aromatic amines is 1. The Hall–Kier alpha value is -2.14. The number of carbonyl (C=O) groups is 1. The highest BCUT2D eigenvalue weighted by atomic mass is 16.1. The van der Waals surface area contributed by atoms with Gasteiger partial charge in [-0.05, 0) is 24.6 Å². The van der Waals surface area contributed by atoms with Crippen molar-refractivity contribution in [3.63, 3.8) is 0 Å². The summed E-state index contributed by atoms with van der Waals surface area (Å²) >= 11 is 0. The molecular weight excluding hydrogens is 252 g/mol. The van der Waals surface area contributed by atoms with Crippen molar-refractivity contribution in [1.29, 1.82) is 0 Å². The smallest absolute Gasteiger partial charge is 0.221 e. The number of rotatable bonds is 6.